The highest BCUT2D eigenvalue weighted by molar-refractivity contribution is 5.52. The molecule has 0 amide bonds. The van der Waals surface area contributed by atoms with Crippen LogP contribution < -0.4 is 4.90 Å². The summed E-state index contributed by atoms with van der Waals surface area (Å²) in [6.07, 6.45) is 0. The van der Waals surface area contributed by atoms with Gasteiger partial charge >= 0.3 is 0 Å². The highest BCUT2D eigenvalue weighted by Gasteiger charge is 1.96. The SMILES string of the molecule is Cc1ccc(N=Nc2ccc(N=Nc3ccc(N(C)C)cc3)cc2)cc1. The summed E-state index contributed by atoms with van der Waals surface area (Å²) in [5, 5.41) is 17.0. The molecule has 3 rings (SSSR count). The predicted molar refractivity (Wildman–Crippen MR) is 107 cm³/mol. The second kappa shape index (κ2) is 8.16. The fraction of sp³-hybridized carbons (Fsp3) is 0.143. The summed E-state index contributed by atoms with van der Waals surface area (Å²) in [5.41, 5.74) is 5.54. The van der Waals surface area contributed by atoms with Crippen molar-refractivity contribution in [3.05, 3.63) is 78.4 Å². The van der Waals surface area contributed by atoms with Gasteiger partial charge in [-0.15, -0.1) is 0 Å². The molecule has 0 fully saturated rings. The number of aryl methyl sites for hydroxylation is 1. The molecule has 3 aromatic carbocycles. The van der Waals surface area contributed by atoms with Crippen LogP contribution in [0.4, 0.5) is 28.4 Å². The Hall–Kier alpha value is -3.34. The van der Waals surface area contributed by atoms with Crippen molar-refractivity contribution in [1.82, 2.24) is 0 Å². The minimum atomic E-state index is 0.774. The molecule has 0 aliphatic carbocycles. The topological polar surface area (TPSA) is 52.7 Å². The number of hydrogen-bond acceptors (Lipinski definition) is 5. The van der Waals surface area contributed by atoms with E-state index in [0.29, 0.717) is 0 Å². The van der Waals surface area contributed by atoms with Crippen molar-refractivity contribution in [3.8, 4) is 0 Å². The standard InChI is InChI=1S/C21H21N5/c1-16-4-6-17(7-5-16)22-23-18-8-10-19(11-9-18)24-25-20-12-14-21(15-13-20)26(2)3/h4-15H,1-3H3. The summed E-state index contributed by atoms with van der Waals surface area (Å²) in [6.45, 7) is 2.05. The van der Waals surface area contributed by atoms with Crippen LogP contribution in [-0.2, 0) is 0 Å². The van der Waals surface area contributed by atoms with Crippen molar-refractivity contribution in [2.45, 2.75) is 6.92 Å². The summed E-state index contributed by atoms with van der Waals surface area (Å²) in [6, 6.07) is 23.4. The maximum Gasteiger partial charge on any atom is 0.0858 e. The minimum absolute atomic E-state index is 0.774. The van der Waals surface area contributed by atoms with Crippen molar-refractivity contribution in [1.29, 1.82) is 0 Å². The van der Waals surface area contributed by atoms with E-state index in [-0.39, 0.29) is 0 Å². The van der Waals surface area contributed by atoms with Gasteiger partial charge in [0.25, 0.3) is 0 Å². The van der Waals surface area contributed by atoms with Crippen LogP contribution in [0.1, 0.15) is 5.56 Å². The molecule has 0 saturated heterocycles. The summed E-state index contributed by atoms with van der Waals surface area (Å²) in [5.74, 6) is 0. The maximum absolute atomic E-state index is 4.26. The van der Waals surface area contributed by atoms with E-state index in [1.54, 1.807) is 0 Å². The normalized spacial score (nSPS) is 11.3. The van der Waals surface area contributed by atoms with Crippen LogP contribution in [0.15, 0.2) is 93.3 Å². The van der Waals surface area contributed by atoms with E-state index < -0.39 is 0 Å². The van der Waals surface area contributed by atoms with E-state index in [1.807, 2.05) is 98.7 Å². The van der Waals surface area contributed by atoms with Gasteiger partial charge in [-0.1, -0.05) is 17.7 Å². The predicted octanol–water partition coefficient (Wildman–Crippen LogP) is 6.89. The first kappa shape index (κ1) is 17.5. The molecular weight excluding hydrogens is 322 g/mol. The smallest absolute Gasteiger partial charge is 0.0858 e. The summed E-state index contributed by atoms with van der Waals surface area (Å²) in [7, 11) is 4.02. The molecule has 0 N–H and O–H groups in total. The molecule has 5 nitrogen and oxygen atoms in total. The highest BCUT2D eigenvalue weighted by atomic mass is 15.1. The third-order valence-corrected chi connectivity index (χ3v) is 3.81. The molecule has 3 aromatic rings. The Labute approximate surface area is 153 Å². The lowest BCUT2D eigenvalue weighted by atomic mass is 10.2. The van der Waals surface area contributed by atoms with Gasteiger partial charge in [0.05, 0.1) is 22.7 Å². The van der Waals surface area contributed by atoms with E-state index in [0.717, 1.165) is 28.4 Å². The molecule has 0 radical (unpaired) electrons. The highest BCUT2D eigenvalue weighted by Crippen LogP contribution is 2.24. The van der Waals surface area contributed by atoms with E-state index in [4.69, 9.17) is 0 Å². The zero-order valence-corrected chi connectivity index (χ0v) is 15.2. The van der Waals surface area contributed by atoms with Gasteiger partial charge in [-0.3, -0.25) is 0 Å². The fourth-order valence-electron chi connectivity index (χ4n) is 2.25. The number of hydrogen-bond donors (Lipinski definition) is 0. The van der Waals surface area contributed by atoms with Gasteiger partial charge in [-0.25, -0.2) is 0 Å². The Kier molecular flexibility index (Phi) is 5.49. The van der Waals surface area contributed by atoms with Crippen molar-refractivity contribution < 1.29 is 0 Å². The Morgan fingerprint density at radius 3 is 1.15 bits per heavy atom. The molecule has 5 heteroatoms. The monoisotopic (exact) mass is 343 g/mol. The fourth-order valence-corrected chi connectivity index (χ4v) is 2.25. The molecule has 0 unspecified atom stereocenters. The van der Waals surface area contributed by atoms with E-state index >= 15 is 0 Å². The van der Waals surface area contributed by atoms with Crippen LogP contribution in [0, 0.1) is 6.92 Å². The van der Waals surface area contributed by atoms with Gasteiger partial charge in [0.1, 0.15) is 0 Å². The summed E-state index contributed by atoms with van der Waals surface area (Å²) >= 11 is 0. The number of nitrogens with zero attached hydrogens (tertiary/aromatic N) is 5. The van der Waals surface area contributed by atoms with Crippen molar-refractivity contribution >= 4 is 28.4 Å². The van der Waals surface area contributed by atoms with Crippen molar-refractivity contribution in [3.63, 3.8) is 0 Å². The van der Waals surface area contributed by atoms with Crippen molar-refractivity contribution in [2.75, 3.05) is 19.0 Å². The van der Waals surface area contributed by atoms with E-state index in [2.05, 4.69) is 20.5 Å². The lowest BCUT2D eigenvalue weighted by Gasteiger charge is -2.11. The van der Waals surface area contributed by atoms with E-state index in [1.165, 1.54) is 5.56 Å². The molecule has 0 aliphatic heterocycles. The average Bonchev–Trinajstić information content (AvgIpc) is 2.67. The van der Waals surface area contributed by atoms with E-state index in [9.17, 15) is 0 Å². The van der Waals surface area contributed by atoms with Gasteiger partial charge < -0.3 is 4.90 Å². The first-order chi connectivity index (χ1) is 12.6. The number of benzene rings is 3. The number of anilines is 1. The summed E-state index contributed by atoms with van der Waals surface area (Å²) in [4.78, 5) is 2.05. The molecule has 0 bridgehead atoms. The molecule has 0 atom stereocenters. The zero-order valence-electron chi connectivity index (χ0n) is 15.2. The van der Waals surface area contributed by atoms with Crippen LogP contribution >= 0.6 is 0 Å². The maximum atomic E-state index is 4.26. The van der Waals surface area contributed by atoms with Crippen LogP contribution in [0.2, 0.25) is 0 Å². The molecule has 0 heterocycles. The Bertz CT molecular complexity index is 893. The van der Waals surface area contributed by atoms with Gasteiger partial charge in [0, 0.05) is 19.8 Å². The first-order valence-electron chi connectivity index (χ1n) is 8.38. The lowest BCUT2D eigenvalue weighted by Crippen LogP contribution is -2.07. The average molecular weight is 343 g/mol. The third kappa shape index (κ3) is 4.83. The number of azo groups is 2. The van der Waals surface area contributed by atoms with Gasteiger partial charge in [-0.2, -0.15) is 20.5 Å². The molecule has 0 aromatic heterocycles. The number of rotatable bonds is 5. The second-order valence-electron chi connectivity index (χ2n) is 6.16. The molecular formula is C21H21N5. The van der Waals surface area contributed by atoms with Gasteiger partial charge in [0.15, 0.2) is 0 Å². The second-order valence-corrected chi connectivity index (χ2v) is 6.16. The third-order valence-electron chi connectivity index (χ3n) is 3.81. The molecule has 0 spiro atoms. The molecule has 130 valence electrons. The lowest BCUT2D eigenvalue weighted by molar-refractivity contribution is 1.13. The Morgan fingerprint density at radius 2 is 0.808 bits per heavy atom. The first-order valence-corrected chi connectivity index (χ1v) is 8.38. The zero-order chi connectivity index (χ0) is 18.4. The largest absolute Gasteiger partial charge is 0.378 e. The summed E-state index contributed by atoms with van der Waals surface area (Å²) < 4.78 is 0. The Balaban J connectivity index is 1.64. The van der Waals surface area contributed by atoms with Gasteiger partial charge in [-0.05, 0) is 67.6 Å². The van der Waals surface area contributed by atoms with Crippen LogP contribution in [0.3, 0.4) is 0 Å². The van der Waals surface area contributed by atoms with Crippen LogP contribution in [0.5, 0.6) is 0 Å². The van der Waals surface area contributed by atoms with Crippen LogP contribution in [0.25, 0.3) is 0 Å². The van der Waals surface area contributed by atoms with Gasteiger partial charge in [0.2, 0.25) is 0 Å². The molecule has 0 saturated carbocycles. The van der Waals surface area contributed by atoms with Crippen LogP contribution in [-0.4, -0.2) is 14.1 Å². The molecule has 26 heavy (non-hydrogen) atoms. The minimum Gasteiger partial charge on any atom is -0.378 e. The quantitative estimate of drug-likeness (QED) is 0.465. The molecule has 0 aliphatic rings. The Morgan fingerprint density at radius 1 is 0.500 bits per heavy atom. The van der Waals surface area contributed by atoms with Crippen molar-refractivity contribution in [2.24, 2.45) is 20.5 Å².